The van der Waals surface area contributed by atoms with Gasteiger partial charge in [0.15, 0.2) is 0 Å². The minimum absolute atomic E-state index is 0.114. The summed E-state index contributed by atoms with van der Waals surface area (Å²) >= 11 is 0. The van der Waals surface area contributed by atoms with Crippen molar-refractivity contribution in [3.05, 3.63) is 107 Å². The molecule has 10 heteroatoms. The summed E-state index contributed by atoms with van der Waals surface area (Å²) < 4.78 is 44.4. The predicted octanol–water partition coefficient (Wildman–Crippen LogP) is 4.73. The molecule has 0 aromatic heterocycles. The van der Waals surface area contributed by atoms with Crippen LogP contribution < -0.4 is 5.32 Å². The molecule has 0 radical (unpaired) electrons. The van der Waals surface area contributed by atoms with Gasteiger partial charge >= 0.3 is 12.3 Å². The van der Waals surface area contributed by atoms with Gasteiger partial charge in [0.1, 0.15) is 12.6 Å². The van der Waals surface area contributed by atoms with Crippen LogP contribution in [0.3, 0.4) is 0 Å². The first-order valence-electron chi connectivity index (χ1n) is 13.0. The maximum Gasteiger partial charge on any atom is 0.416 e. The van der Waals surface area contributed by atoms with Crippen LogP contribution in [0.2, 0.25) is 0 Å². The van der Waals surface area contributed by atoms with E-state index in [0.717, 1.165) is 23.3 Å². The molecule has 0 unspecified atom stereocenters. The van der Waals surface area contributed by atoms with Gasteiger partial charge in [0, 0.05) is 6.54 Å². The first-order valence-corrected chi connectivity index (χ1v) is 13.0. The highest BCUT2D eigenvalue weighted by Crippen LogP contribution is 2.38. The molecular weight excluding hydrogens is 523 g/mol. The molecule has 1 N–H and O–H groups in total. The van der Waals surface area contributed by atoms with Gasteiger partial charge in [0.25, 0.3) is 0 Å². The lowest BCUT2D eigenvalue weighted by Gasteiger charge is -2.50. The van der Waals surface area contributed by atoms with Crippen molar-refractivity contribution in [1.82, 2.24) is 15.1 Å². The Morgan fingerprint density at radius 3 is 2.30 bits per heavy atom. The largest absolute Gasteiger partial charge is 0.447 e. The number of nitrogens with zero attached hydrogens (tertiary/aromatic N) is 2. The van der Waals surface area contributed by atoms with Crippen molar-refractivity contribution >= 4 is 17.9 Å². The second-order valence-corrected chi connectivity index (χ2v) is 9.89. The Balaban J connectivity index is 1.30. The lowest BCUT2D eigenvalue weighted by Crippen LogP contribution is -2.72. The first-order chi connectivity index (χ1) is 19.2. The lowest BCUT2D eigenvalue weighted by atomic mass is 9.87. The molecule has 0 aliphatic carbocycles. The maximum absolute atomic E-state index is 13.4. The van der Waals surface area contributed by atoms with Crippen LogP contribution in [0.4, 0.5) is 18.0 Å². The predicted molar refractivity (Wildman–Crippen MR) is 140 cm³/mol. The van der Waals surface area contributed by atoms with Gasteiger partial charge in [-0.3, -0.25) is 14.5 Å². The number of benzene rings is 3. The molecule has 2 aliphatic rings. The van der Waals surface area contributed by atoms with Gasteiger partial charge in [-0.15, -0.1) is 0 Å². The van der Waals surface area contributed by atoms with Crippen LogP contribution in [0, 0.1) is 0 Å². The summed E-state index contributed by atoms with van der Waals surface area (Å²) in [7, 11) is 0. The number of amides is 3. The molecule has 0 bridgehead atoms. The molecule has 7 nitrogen and oxygen atoms in total. The number of halogens is 3. The SMILES string of the molecule is O=C(CN1C(=O)[C@@H](N2C(=O)OC[C@@H]2c2ccccc2)[C@H]1CCc1ccccc1)NCc1cccc(C(F)(F)F)c1. The van der Waals surface area contributed by atoms with Gasteiger partial charge in [-0.25, -0.2) is 4.79 Å². The third-order valence-corrected chi connectivity index (χ3v) is 7.33. The van der Waals surface area contributed by atoms with Gasteiger partial charge < -0.3 is 15.0 Å². The van der Waals surface area contributed by atoms with E-state index in [-0.39, 0.29) is 25.6 Å². The minimum Gasteiger partial charge on any atom is -0.447 e. The zero-order valence-corrected chi connectivity index (χ0v) is 21.5. The van der Waals surface area contributed by atoms with Gasteiger partial charge in [-0.05, 0) is 41.7 Å². The highest BCUT2D eigenvalue weighted by molar-refractivity contribution is 5.95. The Morgan fingerprint density at radius 2 is 1.60 bits per heavy atom. The molecule has 0 spiro atoms. The number of rotatable bonds is 9. The molecule has 2 saturated heterocycles. The number of nitrogens with one attached hydrogen (secondary N) is 1. The van der Waals surface area contributed by atoms with E-state index in [4.69, 9.17) is 4.74 Å². The fourth-order valence-corrected chi connectivity index (χ4v) is 5.30. The van der Waals surface area contributed by atoms with E-state index < -0.39 is 41.9 Å². The van der Waals surface area contributed by atoms with Crippen molar-refractivity contribution in [2.45, 2.75) is 43.7 Å². The number of alkyl halides is 3. The summed E-state index contributed by atoms with van der Waals surface area (Å²) in [6.45, 7) is -0.264. The van der Waals surface area contributed by atoms with E-state index in [1.165, 1.54) is 21.9 Å². The minimum atomic E-state index is -4.49. The first kappa shape index (κ1) is 27.2. The van der Waals surface area contributed by atoms with Crippen LogP contribution >= 0.6 is 0 Å². The zero-order valence-electron chi connectivity index (χ0n) is 21.5. The van der Waals surface area contributed by atoms with E-state index in [0.29, 0.717) is 18.4 Å². The van der Waals surface area contributed by atoms with Crippen molar-refractivity contribution in [1.29, 1.82) is 0 Å². The number of ether oxygens (including phenoxy) is 1. The van der Waals surface area contributed by atoms with Gasteiger partial charge in [-0.2, -0.15) is 13.2 Å². The van der Waals surface area contributed by atoms with Gasteiger partial charge in [0.2, 0.25) is 11.8 Å². The second kappa shape index (κ2) is 11.4. The smallest absolute Gasteiger partial charge is 0.416 e. The maximum atomic E-state index is 13.4. The number of β-lactam (4-membered cyclic amide) rings is 1. The summed E-state index contributed by atoms with van der Waals surface area (Å²) in [5, 5.41) is 2.61. The number of aryl methyl sites for hydroxylation is 1. The van der Waals surface area contributed by atoms with Crippen LogP contribution in [-0.4, -0.2) is 52.9 Å². The zero-order chi connectivity index (χ0) is 28.3. The average molecular weight is 552 g/mol. The molecule has 40 heavy (non-hydrogen) atoms. The van der Waals surface area contributed by atoms with E-state index in [1.807, 2.05) is 60.7 Å². The summed E-state index contributed by atoms with van der Waals surface area (Å²) in [5.74, 6) is -0.871. The highest BCUT2D eigenvalue weighted by atomic mass is 19.4. The standard InChI is InChI=1S/C30H28F3N3O4/c31-30(32,33)23-13-7-10-21(16-23)17-34-26(37)18-35-24(15-14-20-8-3-1-4-9-20)27(28(35)38)36-25(19-40-29(36)39)22-11-5-2-6-12-22/h1-13,16,24-25,27H,14-15,17-19H2,(H,34,37)/t24-,25-,27+/m1/s1. The second-order valence-electron chi connectivity index (χ2n) is 9.89. The van der Waals surface area contributed by atoms with E-state index >= 15 is 0 Å². The normalized spacial score (nSPS) is 20.7. The molecular formula is C30H28F3N3O4. The van der Waals surface area contributed by atoms with E-state index in [9.17, 15) is 27.6 Å². The Kier molecular flexibility index (Phi) is 7.77. The topological polar surface area (TPSA) is 79.0 Å². The number of carbonyl (C=O) groups is 3. The molecule has 3 amide bonds. The third kappa shape index (κ3) is 5.80. The number of likely N-dealkylation sites (tertiary alicyclic amines) is 1. The van der Waals surface area contributed by atoms with Crippen LogP contribution in [0.15, 0.2) is 84.9 Å². The van der Waals surface area contributed by atoms with Crippen molar-refractivity contribution in [2.24, 2.45) is 0 Å². The molecule has 2 heterocycles. The van der Waals surface area contributed by atoms with Crippen LogP contribution in [0.1, 0.15) is 34.7 Å². The van der Waals surface area contributed by atoms with E-state index in [1.54, 1.807) is 0 Å². The summed E-state index contributed by atoms with van der Waals surface area (Å²) in [5.41, 5.74) is 1.40. The molecule has 3 aromatic carbocycles. The molecule has 2 fully saturated rings. The number of hydrogen-bond acceptors (Lipinski definition) is 4. The molecule has 0 saturated carbocycles. The highest BCUT2D eigenvalue weighted by Gasteiger charge is 2.56. The molecule has 5 rings (SSSR count). The van der Waals surface area contributed by atoms with Crippen LogP contribution in [0.5, 0.6) is 0 Å². The van der Waals surface area contributed by atoms with E-state index in [2.05, 4.69) is 5.32 Å². The van der Waals surface area contributed by atoms with Crippen molar-refractivity contribution in [3.8, 4) is 0 Å². The van der Waals surface area contributed by atoms with Crippen LogP contribution in [0.25, 0.3) is 0 Å². The molecule has 208 valence electrons. The summed E-state index contributed by atoms with van der Waals surface area (Å²) in [6, 6.07) is 22.1. The van der Waals surface area contributed by atoms with Gasteiger partial charge in [-0.1, -0.05) is 72.8 Å². The fourth-order valence-electron chi connectivity index (χ4n) is 5.30. The molecule has 3 aromatic rings. The van der Waals surface area contributed by atoms with Crippen molar-refractivity contribution in [2.75, 3.05) is 13.2 Å². The average Bonchev–Trinajstić information content (AvgIpc) is 3.33. The lowest BCUT2D eigenvalue weighted by molar-refractivity contribution is -0.161. The Bertz CT molecular complexity index is 1370. The summed E-state index contributed by atoms with van der Waals surface area (Å²) in [4.78, 5) is 42.0. The third-order valence-electron chi connectivity index (χ3n) is 7.33. The van der Waals surface area contributed by atoms with Gasteiger partial charge in [0.05, 0.1) is 24.2 Å². The fraction of sp³-hybridized carbons (Fsp3) is 0.300. The molecule has 3 atom stereocenters. The summed E-state index contributed by atoms with van der Waals surface area (Å²) in [6.07, 6.45) is -3.94. The quantitative estimate of drug-likeness (QED) is 0.390. The van der Waals surface area contributed by atoms with Crippen molar-refractivity contribution in [3.63, 3.8) is 0 Å². The monoisotopic (exact) mass is 551 g/mol. The number of carbonyl (C=O) groups excluding carboxylic acids is 3. The Hall–Kier alpha value is -4.34. The Labute approximate surface area is 229 Å². The molecule has 2 aliphatic heterocycles. The Morgan fingerprint density at radius 1 is 0.925 bits per heavy atom. The number of cyclic esters (lactones) is 1. The van der Waals surface area contributed by atoms with Crippen molar-refractivity contribution < 1.29 is 32.3 Å². The number of hydrogen-bond donors (Lipinski definition) is 1. The van der Waals surface area contributed by atoms with Crippen LogP contribution in [-0.2, 0) is 33.5 Å².